The van der Waals surface area contributed by atoms with Gasteiger partial charge in [-0.1, -0.05) is 6.58 Å². The maximum Gasteiger partial charge on any atom is 0.395 e. The summed E-state index contributed by atoms with van der Waals surface area (Å²) in [4.78, 5) is 0. The maximum atomic E-state index is 11.8. The van der Waals surface area contributed by atoms with Crippen LogP contribution in [0.3, 0.4) is 0 Å². The highest BCUT2D eigenvalue weighted by molar-refractivity contribution is 4.98. The van der Waals surface area contributed by atoms with Crippen molar-refractivity contribution >= 4 is 0 Å². The molecule has 0 aliphatic carbocycles. The Labute approximate surface area is 58.5 Å². The summed E-state index contributed by atoms with van der Waals surface area (Å²) in [5.41, 5.74) is 0. The van der Waals surface area contributed by atoms with E-state index in [2.05, 4.69) is 6.58 Å². The van der Waals surface area contributed by atoms with Gasteiger partial charge in [0.2, 0.25) is 0 Å². The summed E-state index contributed by atoms with van der Waals surface area (Å²) in [5, 5.41) is 0. The number of alkyl halides is 5. The molecule has 0 saturated carbocycles. The highest BCUT2D eigenvalue weighted by atomic mass is 19.4. The minimum Gasteiger partial charge on any atom is -0.206 e. The monoisotopic (exact) mass is 178 g/mol. The molecule has 0 rings (SSSR count). The van der Waals surface area contributed by atoms with E-state index in [0.29, 0.717) is 0 Å². The van der Waals surface area contributed by atoms with Gasteiger partial charge in [0, 0.05) is 0 Å². The fourth-order valence-corrected chi connectivity index (χ4v) is 0.348. The lowest BCUT2D eigenvalue weighted by Gasteiger charge is -2.14. The molecular weight excluding hydrogens is 174 g/mol. The maximum absolute atomic E-state index is 11.8. The third-order valence-corrected chi connectivity index (χ3v) is 0.819. The van der Waals surface area contributed by atoms with Gasteiger partial charge in [-0.25, -0.2) is 4.39 Å². The van der Waals surface area contributed by atoms with Gasteiger partial charge in [-0.2, -0.15) is 22.0 Å². The van der Waals surface area contributed by atoms with Crippen molar-refractivity contribution in [3.8, 4) is 0 Å². The van der Waals surface area contributed by atoms with E-state index in [0.717, 1.165) is 0 Å². The molecule has 0 aromatic carbocycles. The molecule has 11 heavy (non-hydrogen) atoms. The summed E-state index contributed by atoms with van der Waals surface area (Å²) < 4.78 is 68.9. The Balaban J connectivity index is 4.25. The van der Waals surface area contributed by atoms with Crippen LogP contribution >= 0.6 is 0 Å². The molecule has 6 heteroatoms. The number of rotatable bonds is 2. The average molecular weight is 178 g/mol. The Morgan fingerprint density at radius 3 is 1.55 bits per heavy atom. The number of allylic oxidation sites excluding steroid dienone is 1. The largest absolute Gasteiger partial charge is 0.395 e. The molecule has 0 aliphatic heterocycles. The molecule has 0 atom stereocenters. The Hall–Kier alpha value is -0.680. The van der Waals surface area contributed by atoms with Crippen molar-refractivity contribution in [1.29, 1.82) is 0 Å². The molecule has 66 valence electrons. The molecule has 0 aromatic heterocycles. The van der Waals surface area contributed by atoms with Crippen LogP contribution < -0.4 is 0 Å². The summed E-state index contributed by atoms with van der Waals surface area (Å²) >= 11 is 0. The van der Waals surface area contributed by atoms with Gasteiger partial charge in [0.15, 0.2) is 5.83 Å². The molecule has 0 bridgehead atoms. The molecule has 0 saturated heterocycles. The van der Waals surface area contributed by atoms with Crippen LogP contribution in [-0.2, 0) is 0 Å². The third kappa shape index (κ3) is 3.90. The fraction of sp³-hybridized carbons (Fsp3) is 0.600. The summed E-state index contributed by atoms with van der Waals surface area (Å²) in [7, 11) is 0. The average Bonchev–Trinajstić information content (AvgIpc) is 1.56. The highest BCUT2D eigenvalue weighted by Crippen LogP contribution is 2.36. The normalized spacial score (nSPS) is 13.3. The van der Waals surface area contributed by atoms with Crippen molar-refractivity contribution in [3.05, 3.63) is 12.4 Å². The Kier molecular flexibility index (Phi) is 2.58. The molecule has 0 spiro atoms. The molecular formula is C5H4F6. The van der Waals surface area contributed by atoms with Crippen molar-refractivity contribution in [2.45, 2.75) is 18.5 Å². The zero-order valence-corrected chi connectivity index (χ0v) is 5.18. The third-order valence-electron chi connectivity index (χ3n) is 0.819. The summed E-state index contributed by atoms with van der Waals surface area (Å²) in [5.74, 6) is -6.77. The van der Waals surface area contributed by atoms with E-state index in [9.17, 15) is 26.3 Å². The minimum atomic E-state index is -5.08. The van der Waals surface area contributed by atoms with E-state index in [1.807, 2.05) is 0 Å². The molecule has 0 heterocycles. The lowest BCUT2D eigenvalue weighted by Crippen LogP contribution is -2.25. The zero-order valence-electron chi connectivity index (χ0n) is 5.18. The summed E-state index contributed by atoms with van der Waals surface area (Å²) in [6.45, 7) is 2.09. The molecule has 0 radical (unpaired) electrons. The van der Waals surface area contributed by atoms with Gasteiger partial charge in [-0.05, 0) is 0 Å². The van der Waals surface area contributed by atoms with Crippen LogP contribution in [0.4, 0.5) is 26.3 Å². The van der Waals surface area contributed by atoms with Gasteiger partial charge >= 0.3 is 12.1 Å². The van der Waals surface area contributed by atoms with E-state index in [1.54, 1.807) is 0 Å². The van der Waals surface area contributed by atoms with Crippen molar-refractivity contribution < 1.29 is 26.3 Å². The van der Waals surface area contributed by atoms with Gasteiger partial charge in [-0.15, -0.1) is 0 Å². The number of hydrogen-bond acceptors (Lipinski definition) is 0. The first kappa shape index (κ1) is 10.3. The Morgan fingerprint density at radius 1 is 1.09 bits per heavy atom. The summed E-state index contributed by atoms with van der Waals surface area (Å²) in [6.07, 6.45) is -7.59. The fourth-order valence-electron chi connectivity index (χ4n) is 0.348. The van der Waals surface area contributed by atoms with Crippen LogP contribution in [0.25, 0.3) is 0 Å². The predicted octanol–water partition coefficient (Wildman–Crippen LogP) is 3.06. The molecule has 0 fully saturated rings. The Bertz CT molecular complexity index is 155. The van der Waals surface area contributed by atoms with Crippen LogP contribution in [-0.4, -0.2) is 12.1 Å². The van der Waals surface area contributed by atoms with E-state index in [4.69, 9.17) is 0 Å². The first-order chi connectivity index (χ1) is 4.65. The molecule has 0 aromatic rings. The standard InChI is InChI=1S/C5H4F6/c1-3(6)4(7,8)2-5(9,10)11/h1-2H2. The van der Waals surface area contributed by atoms with Crippen LogP contribution in [0.15, 0.2) is 12.4 Å². The van der Waals surface area contributed by atoms with Gasteiger partial charge in [-0.3, -0.25) is 0 Å². The lowest BCUT2D eigenvalue weighted by atomic mass is 10.2. The van der Waals surface area contributed by atoms with Gasteiger partial charge in [0.05, 0.1) is 0 Å². The SMILES string of the molecule is C=C(F)C(F)(F)CC(F)(F)F. The second-order valence-electron chi connectivity index (χ2n) is 1.90. The Morgan fingerprint density at radius 2 is 1.45 bits per heavy atom. The molecule has 0 amide bonds. The molecule has 0 unspecified atom stereocenters. The molecule has 0 nitrogen and oxygen atoms in total. The van der Waals surface area contributed by atoms with Crippen molar-refractivity contribution in [2.75, 3.05) is 0 Å². The van der Waals surface area contributed by atoms with Gasteiger partial charge in [0.1, 0.15) is 6.42 Å². The summed E-state index contributed by atoms with van der Waals surface area (Å²) in [6, 6.07) is 0. The number of halogens is 6. The van der Waals surface area contributed by atoms with Crippen molar-refractivity contribution in [2.24, 2.45) is 0 Å². The van der Waals surface area contributed by atoms with E-state index < -0.39 is 24.3 Å². The predicted molar refractivity (Wildman–Crippen MR) is 25.9 cm³/mol. The second-order valence-corrected chi connectivity index (χ2v) is 1.90. The van der Waals surface area contributed by atoms with Crippen molar-refractivity contribution in [1.82, 2.24) is 0 Å². The lowest BCUT2D eigenvalue weighted by molar-refractivity contribution is -0.181. The smallest absolute Gasteiger partial charge is 0.206 e. The van der Waals surface area contributed by atoms with Crippen LogP contribution in [0, 0.1) is 0 Å². The van der Waals surface area contributed by atoms with E-state index in [-0.39, 0.29) is 0 Å². The van der Waals surface area contributed by atoms with Crippen molar-refractivity contribution in [3.63, 3.8) is 0 Å². The van der Waals surface area contributed by atoms with E-state index in [1.165, 1.54) is 0 Å². The molecule has 0 aliphatic rings. The van der Waals surface area contributed by atoms with Crippen LogP contribution in [0.1, 0.15) is 6.42 Å². The second kappa shape index (κ2) is 2.75. The highest BCUT2D eigenvalue weighted by Gasteiger charge is 2.46. The zero-order chi connectivity index (χ0) is 9.28. The number of hydrogen-bond donors (Lipinski definition) is 0. The topological polar surface area (TPSA) is 0 Å². The van der Waals surface area contributed by atoms with Crippen LogP contribution in [0.5, 0.6) is 0 Å². The first-order valence-corrected chi connectivity index (χ1v) is 2.44. The van der Waals surface area contributed by atoms with Crippen LogP contribution in [0.2, 0.25) is 0 Å². The van der Waals surface area contributed by atoms with E-state index >= 15 is 0 Å². The van der Waals surface area contributed by atoms with Gasteiger partial charge in [0.25, 0.3) is 0 Å². The quantitative estimate of drug-likeness (QED) is 0.570. The first-order valence-electron chi connectivity index (χ1n) is 2.44. The van der Waals surface area contributed by atoms with Gasteiger partial charge < -0.3 is 0 Å². The molecule has 0 N–H and O–H groups in total. The minimum absolute atomic E-state index is 2.09.